The lowest BCUT2D eigenvalue weighted by atomic mass is 9.90. The number of hydrogen-bond donors (Lipinski definition) is 5. The number of aromatic nitrogens is 3. The minimum atomic E-state index is -0.935. The number of carbonyl (C=O) groups is 4. The lowest BCUT2D eigenvalue weighted by Crippen LogP contribution is -2.59. The molecular weight excluding hydrogens is 723 g/mol. The lowest BCUT2D eigenvalue weighted by Gasteiger charge is -2.41. The highest BCUT2D eigenvalue weighted by Gasteiger charge is 2.36. The third-order valence-electron chi connectivity index (χ3n) is 12.2. The van der Waals surface area contributed by atoms with Gasteiger partial charge in [-0.25, -0.2) is 9.59 Å². The Morgan fingerprint density at radius 3 is 2.40 bits per heavy atom. The number of piperidine rings is 2. The van der Waals surface area contributed by atoms with Crippen LogP contribution in [0.25, 0.3) is 10.9 Å². The number of urea groups is 2. The maximum Gasteiger partial charge on any atom is 0.322 e. The van der Waals surface area contributed by atoms with Gasteiger partial charge in [-0.1, -0.05) is 24.3 Å². The average Bonchev–Trinajstić information content (AvgIpc) is 3.73. The number of amides is 6. The van der Waals surface area contributed by atoms with Crippen molar-refractivity contribution >= 4 is 46.2 Å². The van der Waals surface area contributed by atoms with Gasteiger partial charge in [0.05, 0.1) is 11.7 Å². The van der Waals surface area contributed by atoms with Crippen LogP contribution in [-0.2, 0) is 22.6 Å². The van der Waals surface area contributed by atoms with Gasteiger partial charge in [-0.3, -0.25) is 19.7 Å². The van der Waals surface area contributed by atoms with Crippen LogP contribution >= 0.6 is 0 Å². The number of likely N-dealkylation sites (tertiary alicyclic amines) is 1. The average molecular weight is 776 g/mol. The smallest absolute Gasteiger partial charge is 0.322 e. The van der Waals surface area contributed by atoms with E-state index in [9.17, 15) is 19.2 Å². The van der Waals surface area contributed by atoms with Gasteiger partial charge in [0.15, 0.2) is 0 Å². The molecule has 0 spiro atoms. The van der Waals surface area contributed by atoms with Crippen molar-refractivity contribution in [3.63, 3.8) is 0 Å². The van der Waals surface area contributed by atoms with E-state index < -0.39 is 12.1 Å². The number of carbonyl (C=O) groups excluding carboxylic acids is 4. The van der Waals surface area contributed by atoms with Gasteiger partial charge in [0, 0.05) is 87.4 Å². The Balaban J connectivity index is 0.967. The van der Waals surface area contributed by atoms with Crippen molar-refractivity contribution in [3.05, 3.63) is 83.8 Å². The van der Waals surface area contributed by atoms with Crippen LogP contribution in [0.1, 0.15) is 48.8 Å². The molecule has 4 aliphatic rings. The van der Waals surface area contributed by atoms with Crippen LogP contribution in [0.5, 0.6) is 0 Å². The molecule has 15 heteroatoms. The number of pyridine rings is 1. The summed E-state index contributed by atoms with van der Waals surface area (Å²) < 4.78 is 0. The first kappa shape index (κ1) is 38.2. The van der Waals surface area contributed by atoms with E-state index in [2.05, 4.69) is 41.3 Å². The number of nitrogens with one attached hydrogen (secondary N) is 5. The molecule has 15 nitrogen and oxygen atoms in total. The Morgan fingerprint density at radius 1 is 0.877 bits per heavy atom. The first-order valence-corrected chi connectivity index (χ1v) is 20.4. The summed E-state index contributed by atoms with van der Waals surface area (Å²) in [4.78, 5) is 67.8. The molecule has 3 fully saturated rings. The van der Waals surface area contributed by atoms with Crippen molar-refractivity contribution in [1.29, 1.82) is 0 Å². The zero-order valence-electron chi connectivity index (χ0n) is 32.6. The maximum absolute atomic E-state index is 14.5. The zero-order chi connectivity index (χ0) is 39.3. The number of para-hydroxylation sites is 1. The molecule has 300 valence electrons. The SMILES string of the molecule is Cc1cc(C[C@H](NC(=O)N2CCC(N3Cc4ccccc4NC3=O)CC2)C(=O)N[C@H](CC2CCNCC2)C(=O)N2CCN(c3ccncc3)CC2)cc2cn[nH]c12. The Bertz CT molecular complexity index is 2050. The Morgan fingerprint density at radius 2 is 1.63 bits per heavy atom. The lowest BCUT2D eigenvalue weighted by molar-refractivity contribution is -0.137. The van der Waals surface area contributed by atoms with Crippen LogP contribution in [0.15, 0.2) is 67.1 Å². The molecule has 0 aliphatic carbocycles. The zero-order valence-corrected chi connectivity index (χ0v) is 32.6. The number of aryl methyl sites for hydroxylation is 1. The molecule has 4 aromatic rings. The van der Waals surface area contributed by atoms with Gasteiger partial charge < -0.3 is 40.9 Å². The number of anilines is 2. The quantitative estimate of drug-likeness (QED) is 0.163. The Hall–Kier alpha value is -5.70. The van der Waals surface area contributed by atoms with Gasteiger partial charge in [0.25, 0.3) is 0 Å². The van der Waals surface area contributed by atoms with E-state index >= 15 is 0 Å². The van der Waals surface area contributed by atoms with Crippen LogP contribution in [0.4, 0.5) is 21.0 Å². The van der Waals surface area contributed by atoms with Gasteiger partial charge in [-0.2, -0.15) is 5.10 Å². The number of rotatable bonds is 10. The highest BCUT2D eigenvalue weighted by Crippen LogP contribution is 2.28. The molecule has 57 heavy (non-hydrogen) atoms. The number of H-pyrrole nitrogens is 1. The van der Waals surface area contributed by atoms with Gasteiger partial charge in [-0.15, -0.1) is 0 Å². The van der Waals surface area contributed by atoms with Gasteiger partial charge in [0.1, 0.15) is 12.1 Å². The third-order valence-corrected chi connectivity index (χ3v) is 12.2. The molecule has 6 heterocycles. The van der Waals surface area contributed by atoms with Crippen LogP contribution in [0.3, 0.4) is 0 Å². The predicted molar refractivity (Wildman–Crippen MR) is 218 cm³/mol. The predicted octanol–water partition coefficient (Wildman–Crippen LogP) is 3.62. The summed E-state index contributed by atoms with van der Waals surface area (Å²) in [5, 5.41) is 20.8. The fourth-order valence-electron chi connectivity index (χ4n) is 8.92. The second kappa shape index (κ2) is 17.2. The van der Waals surface area contributed by atoms with Crippen molar-refractivity contribution in [1.82, 2.24) is 45.8 Å². The summed E-state index contributed by atoms with van der Waals surface area (Å²) in [6, 6.07) is 13.7. The topological polar surface area (TPSA) is 171 Å². The summed E-state index contributed by atoms with van der Waals surface area (Å²) >= 11 is 0. The molecule has 8 rings (SSSR count). The second-order valence-corrected chi connectivity index (χ2v) is 15.9. The van der Waals surface area contributed by atoms with Crippen LogP contribution in [0, 0.1) is 12.8 Å². The maximum atomic E-state index is 14.5. The van der Waals surface area contributed by atoms with E-state index in [0.717, 1.165) is 64.9 Å². The van der Waals surface area contributed by atoms with Gasteiger partial charge >= 0.3 is 12.1 Å². The van der Waals surface area contributed by atoms with Crippen molar-refractivity contribution < 1.29 is 19.2 Å². The molecule has 0 saturated carbocycles. The van der Waals surface area contributed by atoms with Crippen molar-refractivity contribution in [3.8, 4) is 0 Å². The monoisotopic (exact) mass is 775 g/mol. The molecule has 2 atom stereocenters. The summed E-state index contributed by atoms with van der Waals surface area (Å²) in [6.07, 6.45) is 9.20. The largest absolute Gasteiger partial charge is 0.368 e. The third kappa shape index (κ3) is 8.83. The first-order chi connectivity index (χ1) is 27.8. The first-order valence-electron chi connectivity index (χ1n) is 20.4. The highest BCUT2D eigenvalue weighted by molar-refractivity contribution is 5.93. The minimum absolute atomic E-state index is 0.0144. The molecule has 4 aliphatic heterocycles. The molecular formula is C42H53N11O4. The molecule has 3 saturated heterocycles. The van der Waals surface area contributed by atoms with E-state index in [1.54, 1.807) is 23.5 Å². The fraction of sp³-hybridized carbons (Fsp3) is 0.476. The van der Waals surface area contributed by atoms with Crippen LogP contribution in [-0.4, -0.2) is 124 Å². The number of benzene rings is 2. The molecule has 0 radical (unpaired) electrons. The number of hydrogen-bond acceptors (Lipinski definition) is 8. The second-order valence-electron chi connectivity index (χ2n) is 15.9. The minimum Gasteiger partial charge on any atom is -0.368 e. The molecule has 0 bridgehead atoms. The standard InChI is InChI=1S/C42H53N11O4/c1-28-22-30(23-32-26-45-49-38(28)32)25-36(48-41(56)52-16-10-34(11-17-52)53-27-31-4-2-3-5-35(31)47-42(53)57)39(54)46-37(24-29-6-12-43-13-7-29)40(55)51-20-18-50(19-21-51)33-8-14-44-15-9-33/h2-5,8-9,14-15,22-23,26,29,34,36-37,43H,6-7,10-13,16-21,24-25,27H2,1H3,(H,45,49)(H,46,54)(H,47,57)(H,48,56)/t36-,37+/m0/s1. The van der Waals surface area contributed by atoms with E-state index in [4.69, 9.17) is 0 Å². The summed E-state index contributed by atoms with van der Waals surface area (Å²) in [5.41, 5.74) is 5.77. The summed E-state index contributed by atoms with van der Waals surface area (Å²) in [6.45, 7) is 7.63. The van der Waals surface area contributed by atoms with E-state index in [1.807, 2.05) is 65.3 Å². The van der Waals surface area contributed by atoms with Crippen LogP contribution < -0.4 is 26.2 Å². The summed E-state index contributed by atoms with van der Waals surface area (Å²) in [5.74, 6) is -0.174. The molecule has 0 unspecified atom stereocenters. The Labute approximate surface area is 332 Å². The number of fused-ring (bicyclic) bond motifs is 2. The number of piperazine rings is 1. The van der Waals surface area contributed by atoms with Crippen molar-refractivity contribution in [2.45, 2.75) is 70.1 Å². The summed E-state index contributed by atoms with van der Waals surface area (Å²) in [7, 11) is 0. The highest BCUT2D eigenvalue weighted by atomic mass is 16.2. The van der Waals surface area contributed by atoms with Gasteiger partial charge in [0.2, 0.25) is 11.8 Å². The van der Waals surface area contributed by atoms with Crippen molar-refractivity contribution in [2.24, 2.45) is 5.92 Å². The molecule has 2 aromatic heterocycles. The van der Waals surface area contributed by atoms with E-state index in [0.29, 0.717) is 65.1 Å². The number of nitrogens with zero attached hydrogens (tertiary/aromatic N) is 6. The van der Waals surface area contributed by atoms with Gasteiger partial charge in [-0.05, 0) is 99.0 Å². The van der Waals surface area contributed by atoms with Crippen molar-refractivity contribution in [2.75, 3.05) is 62.6 Å². The fourth-order valence-corrected chi connectivity index (χ4v) is 8.92. The van der Waals surface area contributed by atoms with Crippen LogP contribution in [0.2, 0.25) is 0 Å². The van der Waals surface area contributed by atoms with E-state index in [-0.39, 0.29) is 42.3 Å². The molecule has 6 amide bonds. The van der Waals surface area contributed by atoms with E-state index in [1.165, 1.54) is 0 Å². The Kier molecular flexibility index (Phi) is 11.5. The number of aromatic amines is 1. The molecule has 2 aromatic carbocycles. The molecule has 5 N–H and O–H groups in total. The normalized spacial score (nSPS) is 19.1.